The topological polar surface area (TPSA) is 61.2 Å². The smallest absolute Gasteiger partial charge is 0.343 e. The standard InChI is InChI=1S/C12H11ClN2O3/c1-3-18-12(17)8-6-7-4-5-14-10(13)9(7)15(2)11(8)16/h4-6H,3H2,1-2H3. The maximum Gasteiger partial charge on any atom is 0.343 e. The SMILES string of the molecule is CCOC(=O)c1cc2ccnc(Cl)c2n(C)c1=O. The number of pyridine rings is 2. The van der Waals surface area contributed by atoms with Crippen molar-refractivity contribution in [2.45, 2.75) is 6.92 Å². The summed E-state index contributed by atoms with van der Waals surface area (Å²) in [4.78, 5) is 27.6. The molecule has 0 N–H and O–H groups in total. The van der Waals surface area contributed by atoms with Gasteiger partial charge in [0.25, 0.3) is 5.56 Å². The van der Waals surface area contributed by atoms with Gasteiger partial charge in [-0.2, -0.15) is 0 Å². The van der Waals surface area contributed by atoms with Gasteiger partial charge in [0.2, 0.25) is 0 Å². The van der Waals surface area contributed by atoms with Crippen LogP contribution in [-0.2, 0) is 11.8 Å². The fraction of sp³-hybridized carbons (Fsp3) is 0.250. The van der Waals surface area contributed by atoms with Gasteiger partial charge in [-0.3, -0.25) is 4.79 Å². The maximum absolute atomic E-state index is 12.0. The number of halogens is 1. The predicted octanol–water partition coefficient (Wildman–Crippen LogP) is 1.76. The van der Waals surface area contributed by atoms with E-state index < -0.39 is 11.5 Å². The highest BCUT2D eigenvalue weighted by molar-refractivity contribution is 6.33. The number of nitrogens with zero attached hydrogens (tertiary/aromatic N) is 2. The van der Waals surface area contributed by atoms with E-state index in [1.54, 1.807) is 20.0 Å². The van der Waals surface area contributed by atoms with E-state index in [4.69, 9.17) is 16.3 Å². The number of ether oxygens (including phenoxy) is 1. The lowest BCUT2D eigenvalue weighted by Gasteiger charge is -2.08. The largest absolute Gasteiger partial charge is 0.462 e. The molecule has 0 saturated heterocycles. The third-order valence-corrected chi connectivity index (χ3v) is 2.85. The number of aromatic nitrogens is 2. The van der Waals surface area contributed by atoms with Crippen LogP contribution in [0, 0.1) is 0 Å². The monoisotopic (exact) mass is 266 g/mol. The highest BCUT2D eigenvalue weighted by Crippen LogP contribution is 2.19. The minimum atomic E-state index is -0.632. The van der Waals surface area contributed by atoms with Crippen molar-refractivity contribution < 1.29 is 9.53 Å². The molecule has 0 fully saturated rings. The van der Waals surface area contributed by atoms with Gasteiger partial charge in [-0.1, -0.05) is 11.6 Å². The Morgan fingerprint density at radius 2 is 2.28 bits per heavy atom. The number of esters is 1. The minimum Gasteiger partial charge on any atom is -0.462 e. The summed E-state index contributed by atoms with van der Waals surface area (Å²) in [5.74, 6) is -0.632. The van der Waals surface area contributed by atoms with Crippen LogP contribution < -0.4 is 5.56 Å². The Hall–Kier alpha value is -1.88. The summed E-state index contributed by atoms with van der Waals surface area (Å²) in [7, 11) is 1.54. The summed E-state index contributed by atoms with van der Waals surface area (Å²) < 4.78 is 6.14. The van der Waals surface area contributed by atoms with Crippen molar-refractivity contribution in [3.05, 3.63) is 39.4 Å². The van der Waals surface area contributed by atoms with E-state index in [-0.39, 0.29) is 17.3 Å². The van der Waals surface area contributed by atoms with Gasteiger partial charge in [-0.25, -0.2) is 9.78 Å². The number of rotatable bonds is 2. The third-order valence-electron chi connectivity index (χ3n) is 2.58. The zero-order valence-corrected chi connectivity index (χ0v) is 10.7. The predicted molar refractivity (Wildman–Crippen MR) is 68.0 cm³/mol. The van der Waals surface area contributed by atoms with Gasteiger partial charge < -0.3 is 9.30 Å². The number of aryl methyl sites for hydroxylation is 1. The van der Waals surface area contributed by atoms with Gasteiger partial charge in [0.1, 0.15) is 5.56 Å². The first-order valence-corrected chi connectivity index (χ1v) is 5.75. The number of carbonyl (C=O) groups is 1. The fourth-order valence-electron chi connectivity index (χ4n) is 1.75. The molecule has 0 aliphatic rings. The quantitative estimate of drug-likeness (QED) is 0.614. The molecule has 0 aliphatic carbocycles. The lowest BCUT2D eigenvalue weighted by Crippen LogP contribution is -2.25. The highest BCUT2D eigenvalue weighted by Gasteiger charge is 2.16. The van der Waals surface area contributed by atoms with Crippen LogP contribution in [0.15, 0.2) is 23.1 Å². The molecule has 0 spiro atoms. The summed E-state index contributed by atoms with van der Waals surface area (Å²) in [6, 6.07) is 3.16. The Kier molecular flexibility index (Phi) is 3.34. The molecule has 2 heterocycles. The lowest BCUT2D eigenvalue weighted by molar-refractivity contribution is 0.0524. The van der Waals surface area contributed by atoms with Crippen LogP contribution in [0.3, 0.4) is 0 Å². The molecule has 2 rings (SSSR count). The fourth-order valence-corrected chi connectivity index (χ4v) is 2.04. The molecule has 0 atom stereocenters. The number of fused-ring (bicyclic) bond motifs is 1. The summed E-state index contributed by atoms with van der Waals surface area (Å²) in [6.07, 6.45) is 1.52. The van der Waals surface area contributed by atoms with Crippen molar-refractivity contribution in [1.82, 2.24) is 9.55 Å². The first-order chi connectivity index (χ1) is 8.56. The Morgan fingerprint density at radius 1 is 1.56 bits per heavy atom. The van der Waals surface area contributed by atoms with Crippen molar-refractivity contribution in [3.63, 3.8) is 0 Å². The third kappa shape index (κ3) is 1.97. The summed E-state index contributed by atoms with van der Waals surface area (Å²) in [5.41, 5.74) is 0.0437. The highest BCUT2D eigenvalue weighted by atomic mass is 35.5. The second kappa shape index (κ2) is 4.78. The number of hydrogen-bond donors (Lipinski definition) is 0. The first-order valence-electron chi connectivity index (χ1n) is 5.37. The van der Waals surface area contributed by atoms with Crippen molar-refractivity contribution in [3.8, 4) is 0 Å². The second-order valence-electron chi connectivity index (χ2n) is 3.68. The van der Waals surface area contributed by atoms with Gasteiger partial charge in [0, 0.05) is 18.6 Å². The van der Waals surface area contributed by atoms with E-state index in [2.05, 4.69) is 4.98 Å². The number of carbonyl (C=O) groups excluding carboxylic acids is 1. The van der Waals surface area contributed by atoms with Gasteiger partial charge in [0.05, 0.1) is 12.1 Å². The van der Waals surface area contributed by atoms with Crippen LogP contribution in [0.4, 0.5) is 0 Å². The van der Waals surface area contributed by atoms with E-state index in [1.165, 1.54) is 16.8 Å². The van der Waals surface area contributed by atoms with Crippen molar-refractivity contribution in [1.29, 1.82) is 0 Å². The Balaban J connectivity index is 2.76. The van der Waals surface area contributed by atoms with Crippen LogP contribution >= 0.6 is 11.6 Å². The number of hydrogen-bond acceptors (Lipinski definition) is 4. The summed E-state index contributed by atoms with van der Waals surface area (Å²) in [5, 5.41) is 0.891. The van der Waals surface area contributed by atoms with E-state index in [9.17, 15) is 9.59 Å². The molecule has 0 amide bonds. The Bertz CT molecular complexity index is 679. The van der Waals surface area contributed by atoms with Crippen LogP contribution in [0.5, 0.6) is 0 Å². The van der Waals surface area contributed by atoms with Crippen molar-refractivity contribution in [2.75, 3.05) is 6.61 Å². The van der Waals surface area contributed by atoms with Crippen LogP contribution in [0.2, 0.25) is 5.15 Å². The van der Waals surface area contributed by atoms with Crippen LogP contribution in [0.25, 0.3) is 10.9 Å². The van der Waals surface area contributed by atoms with Crippen molar-refractivity contribution >= 4 is 28.5 Å². The first kappa shape index (κ1) is 12.6. The molecule has 0 bridgehead atoms. The molecule has 0 radical (unpaired) electrons. The van der Waals surface area contributed by atoms with E-state index >= 15 is 0 Å². The van der Waals surface area contributed by atoms with E-state index in [0.29, 0.717) is 10.9 Å². The van der Waals surface area contributed by atoms with Crippen LogP contribution in [-0.4, -0.2) is 22.1 Å². The lowest BCUT2D eigenvalue weighted by atomic mass is 10.2. The molecule has 0 unspecified atom stereocenters. The van der Waals surface area contributed by atoms with Crippen LogP contribution in [0.1, 0.15) is 17.3 Å². The average Bonchev–Trinajstić information content (AvgIpc) is 2.33. The molecule has 6 heteroatoms. The normalized spacial score (nSPS) is 10.6. The van der Waals surface area contributed by atoms with Gasteiger partial charge in [0.15, 0.2) is 5.15 Å². The van der Waals surface area contributed by atoms with Gasteiger partial charge in [-0.15, -0.1) is 0 Å². The zero-order valence-electron chi connectivity index (χ0n) is 9.94. The van der Waals surface area contributed by atoms with Crippen molar-refractivity contribution in [2.24, 2.45) is 7.05 Å². The van der Waals surface area contributed by atoms with E-state index in [1.807, 2.05) is 0 Å². The molecule has 18 heavy (non-hydrogen) atoms. The molecule has 94 valence electrons. The Morgan fingerprint density at radius 3 is 2.94 bits per heavy atom. The minimum absolute atomic E-state index is 0.00545. The molecule has 0 aliphatic heterocycles. The van der Waals surface area contributed by atoms with Gasteiger partial charge >= 0.3 is 5.97 Å². The molecular weight excluding hydrogens is 256 g/mol. The molecule has 0 aromatic carbocycles. The molecule has 0 saturated carbocycles. The Labute approximate surface area is 108 Å². The maximum atomic E-state index is 12.0. The molecule has 5 nitrogen and oxygen atoms in total. The second-order valence-corrected chi connectivity index (χ2v) is 4.04. The molecule has 2 aromatic heterocycles. The molecule has 2 aromatic rings. The van der Waals surface area contributed by atoms with Gasteiger partial charge in [-0.05, 0) is 19.1 Å². The van der Waals surface area contributed by atoms with E-state index in [0.717, 1.165) is 0 Å². The summed E-state index contributed by atoms with van der Waals surface area (Å²) in [6.45, 7) is 1.90. The average molecular weight is 267 g/mol. The zero-order chi connectivity index (χ0) is 13.3. The summed E-state index contributed by atoms with van der Waals surface area (Å²) >= 11 is 5.94. The molecular formula is C12H11ClN2O3.